The lowest BCUT2D eigenvalue weighted by Gasteiger charge is -2.21. The molecule has 0 unspecified atom stereocenters. The zero-order valence-corrected chi connectivity index (χ0v) is 22.7. The van der Waals surface area contributed by atoms with Crippen molar-refractivity contribution in [2.24, 2.45) is 5.92 Å². The van der Waals surface area contributed by atoms with Gasteiger partial charge in [0.15, 0.2) is 0 Å². The molecule has 1 aliphatic rings. The molecule has 3 aromatic rings. The van der Waals surface area contributed by atoms with Gasteiger partial charge in [-0.1, -0.05) is 75.6 Å². The molecule has 0 amide bonds. The number of aryl methyl sites for hydroxylation is 1. The number of hydrogen-bond acceptors (Lipinski definition) is 5. The second kappa shape index (κ2) is 16.5. The van der Waals surface area contributed by atoms with E-state index in [9.17, 15) is 0 Å². The van der Waals surface area contributed by atoms with Gasteiger partial charge in [0.25, 0.3) is 0 Å². The Hall–Kier alpha value is -2.11. The van der Waals surface area contributed by atoms with E-state index < -0.39 is 0 Å². The van der Waals surface area contributed by atoms with Crippen molar-refractivity contribution < 1.29 is 0 Å². The van der Waals surface area contributed by atoms with Crippen molar-refractivity contribution in [3.8, 4) is 0 Å². The van der Waals surface area contributed by atoms with E-state index in [0.717, 1.165) is 40.8 Å². The minimum absolute atomic E-state index is 0.812. The lowest BCUT2D eigenvalue weighted by Crippen LogP contribution is -2.26. The number of aromatic nitrogens is 2. The molecule has 0 saturated heterocycles. The van der Waals surface area contributed by atoms with E-state index in [1.54, 1.807) is 0 Å². The number of para-hydroxylation sites is 1. The maximum atomic E-state index is 4.42. The summed E-state index contributed by atoms with van der Waals surface area (Å²) in [6.45, 7) is 8.32. The van der Waals surface area contributed by atoms with Crippen molar-refractivity contribution in [2.45, 2.75) is 58.6 Å². The highest BCUT2D eigenvalue weighted by Crippen LogP contribution is 2.23. The number of fused-ring (bicyclic) bond motifs is 1. The van der Waals surface area contributed by atoms with Gasteiger partial charge < -0.3 is 10.2 Å². The summed E-state index contributed by atoms with van der Waals surface area (Å²) in [4.78, 5) is 10.8. The summed E-state index contributed by atoms with van der Waals surface area (Å²) in [5, 5.41) is 4.72. The van der Waals surface area contributed by atoms with Gasteiger partial charge in [-0.15, -0.1) is 0 Å². The van der Waals surface area contributed by atoms with Crippen molar-refractivity contribution in [3.05, 3.63) is 66.0 Å². The number of anilines is 1. The normalized spacial score (nSPS) is 13.4. The fourth-order valence-electron chi connectivity index (χ4n) is 4.12. The fraction of sp³-hybridized carbons (Fsp3) is 0.517. The molecule has 1 aliphatic carbocycles. The van der Waals surface area contributed by atoms with Gasteiger partial charge in [-0.3, -0.25) is 0 Å². The third kappa shape index (κ3) is 10.0. The van der Waals surface area contributed by atoms with Crippen LogP contribution in [0.2, 0.25) is 0 Å². The van der Waals surface area contributed by atoms with Crippen molar-refractivity contribution in [1.82, 2.24) is 15.3 Å². The highest BCUT2D eigenvalue weighted by atomic mass is 32.2. The third-order valence-electron chi connectivity index (χ3n) is 5.81. The predicted octanol–water partition coefficient (Wildman–Crippen LogP) is 7.12. The molecule has 0 aliphatic heterocycles. The van der Waals surface area contributed by atoms with Crippen LogP contribution in [0, 0.1) is 12.8 Å². The molecule has 0 spiro atoms. The number of nitrogens with zero attached hydrogens (tertiary/aromatic N) is 3. The molecule has 0 bridgehead atoms. The van der Waals surface area contributed by atoms with Crippen LogP contribution in [0.3, 0.4) is 0 Å². The van der Waals surface area contributed by atoms with Crippen LogP contribution in [-0.4, -0.2) is 42.9 Å². The van der Waals surface area contributed by atoms with Crippen LogP contribution in [0.1, 0.15) is 57.3 Å². The Kier molecular flexibility index (Phi) is 13.7. The van der Waals surface area contributed by atoms with Crippen LogP contribution in [-0.2, 0) is 5.75 Å². The number of hydrogen-bond donors (Lipinski definition) is 1. The molecule has 4 rings (SSSR count). The first kappa shape index (κ1) is 28.1. The van der Waals surface area contributed by atoms with Gasteiger partial charge in [0.05, 0.1) is 5.52 Å². The summed E-state index contributed by atoms with van der Waals surface area (Å²) in [7, 11) is 3.99. The predicted molar refractivity (Wildman–Crippen MR) is 152 cm³/mol. The molecule has 5 heteroatoms. The van der Waals surface area contributed by atoms with Crippen molar-refractivity contribution in [1.29, 1.82) is 0 Å². The number of nitrogens with one attached hydrogen (secondary N) is 1. The molecule has 1 aromatic heterocycles. The number of benzene rings is 2. The van der Waals surface area contributed by atoms with Crippen LogP contribution in [0.25, 0.3) is 10.9 Å². The first-order valence-electron chi connectivity index (χ1n) is 12.9. The van der Waals surface area contributed by atoms with E-state index in [1.165, 1.54) is 50.0 Å². The summed E-state index contributed by atoms with van der Waals surface area (Å²) < 4.78 is 0. The molecule has 0 atom stereocenters. The van der Waals surface area contributed by atoms with E-state index in [0.29, 0.717) is 0 Å². The van der Waals surface area contributed by atoms with E-state index in [-0.39, 0.29) is 0 Å². The molecule has 34 heavy (non-hydrogen) atoms. The third-order valence-corrected chi connectivity index (χ3v) is 6.84. The second-order valence-electron chi connectivity index (χ2n) is 8.75. The van der Waals surface area contributed by atoms with E-state index >= 15 is 0 Å². The Morgan fingerprint density at radius 3 is 2.29 bits per heavy atom. The highest BCUT2D eigenvalue weighted by Gasteiger charge is 2.12. The maximum Gasteiger partial charge on any atom is 0.139 e. The topological polar surface area (TPSA) is 41.1 Å². The zero-order chi connectivity index (χ0) is 24.6. The van der Waals surface area contributed by atoms with Crippen LogP contribution >= 0.6 is 11.8 Å². The van der Waals surface area contributed by atoms with E-state index in [4.69, 9.17) is 0 Å². The largest absolute Gasteiger partial charge is 0.362 e. The number of rotatable bonds is 8. The molecular weight excluding hydrogens is 436 g/mol. The molecule has 1 N–H and O–H groups in total. The zero-order valence-electron chi connectivity index (χ0n) is 21.9. The van der Waals surface area contributed by atoms with Gasteiger partial charge in [-0.2, -0.15) is 11.8 Å². The van der Waals surface area contributed by atoms with Gasteiger partial charge in [-0.05, 0) is 49.9 Å². The van der Waals surface area contributed by atoms with Gasteiger partial charge in [0.2, 0.25) is 0 Å². The molecule has 186 valence electrons. The first-order chi connectivity index (χ1) is 16.6. The van der Waals surface area contributed by atoms with Crippen LogP contribution in [0.4, 0.5) is 5.82 Å². The minimum Gasteiger partial charge on any atom is -0.362 e. The van der Waals surface area contributed by atoms with Crippen LogP contribution in [0.15, 0.2) is 54.6 Å². The Balaban J connectivity index is 0.000000230. The van der Waals surface area contributed by atoms with Crippen molar-refractivity contribution >= 4 is 28.5 Å². The monoisotopic (exact) mass is 480 g/mol. The van der Waals surface area contributed by atoms with Gasteiger partial charge >= 0.3 is 0 Å². The molecule has 0 radical (unpaired) electrons. The van der Waals surface area contributed by atoms with E-state index in [1.807, 2.05) is 75.8 Å². The summed E-state index contributed by atoms with van der Waals surface area (Å²) in [5.74, 6) is 5.12. The molecule has 4 nitrogen and oxygen atoms in total. The SMILES string of the molecule is CC.Cc1nc(N(C)C)c2ccccc2n1.c1ccc(CSCCNCC2CCCCC2)cc1. The van der Waals surface area contributed by atoms with Gasteiger partial charge in [0.1, 0.15) is 11.6 Å². The second-order valence-corrected chi connectivity index (χ2v) is 9.86. The molecule has 2 aromatic carbocycles. The molecule has 1 heterocycles. The Bertz CT molecular complexity index is 924. The van der Waals surface area contributed by atoms with Crippen molar-refractivity contribution in [3.63, 3.8) is 0 Å². The molecule has 1 saturated carbocycles. The van der Waals surface area contributed by atoms with E-state index in [2.05, 4.69) is 45.6 Å². The van der Waals surface area contributed by atoms with Crippen molar-refractivity contribution in [2.75, 3.05) is 37.8 Å². The first-order valence-corrected chi connectivity index (χ1v) is 14.0. The maximum absolute atomic E-state index is 4.42. The van der Waals surface area contributed by atoms with Gasteiger partial charge in [-0.25, -0.2) is 9.97 Å². The molecule has 1 fully saturated rings. The lowest BCUT2D eigenvalue weighted by atomic mass is 9.89. The summed E-state index contributed by atoms with van der Waals surface area (Å²) in [6.07, 6.45) is 7.27. The standard InChI is InChI=1S/C16H25NS.C11H13N3.C2H6/c1-3-7-15(8-4-1)13-17-11-12-18-14-16-9-5-2-6-10-16;1-8-12-10-7-5-4-6-9(10)11(13-8)14(2)3;1-2/h2,5-6,9-10,15,17H,1,3-4,7-8,11-14H2;4-7H,1-3H3;1-2H3. The van der Waals surface area contributed by atoms with Gasteiger partial charge in [0, 0.05) is 37.5 Å². The quantitative estimate of drug-likeness (QED) is 0.348. The summed E-state index contributed by atoms with van der Waals surface area (Å²) in [5.41, 5.74) is 2.44. The number of thioether (sulfide) groups is 1. The lowest BCUT2D eigenvalue weighted by molar-refractivity contribution is 0.345. The average Bonchev–Trinajstić information content (AvgIpc) is 2.88. The fourth-order valence-corrected chi connectivity index (χ4v) is 4.98. The smallest absolute Gasteiger partial charge is 0.139 e. The summed E-state index contributed by atoms with van der Waals surface area (Å²) >= 11 is 2.03. The Labute approximate surface area is 212 Å². The molecular formula is C29H44N4S. The van der Waals surface area contributed by atoms with Crippen LogP contribution in [0.5, 0.6) is 0 Å². The Morgan fingerprint density at radius 2 is 1.59 bits per heavy atom. The Morgan fingerprint density at radius 1 is 0.912 bits per heavy atom. The summed E-state index contributed by atoms with van der Waals surface area (Å²) in [6, 6.07) is 18.8. The van der Waals surface area contributed by atoms with Crippen LogP contribution < -0.4 is 10.2 Å². The minimum atomic E-state index is 0.812. The highest BCUT2D eigenvalue weighted by molar-refractivity contribution is 7.98. The average molecular weight is 481 g/mol.